The highest BCUT2D eigenvalue weighted by Gasteiger charge is 2.12. The third-order valence-corrected chi connectivity index (χ3v) is 4.13. The van der Waals surface area contributed by atoms with Gasteiger partial charge in [0.05, 0.1) is 11.4 Å². The quantitative estimate of drug-likeness (QED) is 0.755. The SMILES string of the molecule is CCCCCCn1nnc(CN)c1Cc1cccs1. The van der Waals surface area contributed by atoms with Crippen molar-refractivity contribution in [3.05, 3.63) is 33.8 Å². The average Bonchev–Trinajstić information content (AvgIpc) is 3.06. The van der Waals surface area contributed by atoms with Gasteiger partial charge in [0.1, 0.15) is 0 Å². The number of rotatable bonds is 8. The van der Waals surface area contributed by atoms with E-state index in [2.05, 4.69) is 34.7 Å². The maximum absolute atomic E-state index is 5.76. The van der Waals surface area contributed by atoms with E-state index in [0.717, 1.165) is 18.7 Å². The van der Waals surface area contributed by atoms with Gasteiger partial charge in [-0.2, -0.15) is 0 Å². The van der Waals surface area contributed by atoms with Crippen molar-refractivity contribution >= 4 is 11.3 Å². The Hall–Kier alpha value is -1.20. The fraction of sp³-hybridized carbons (Fsp3) is 0.571. The van der Waals surface area contributed by atoms with Gasteiger partial charge in [-0.3, -0.25) is 0 Å². The van der Waals surface area contributed by atoms with E-state index >= 15 is 0 Å². The zero-order valence-corrected chi connectivity index (χ0v) is 12.3. The number of nitrogens with two attached hydrogens (primary N) is 1. The minimum Gasteiger partial charge on any atom is -0.325 e. The third kappa shape index (κ3) is 3.88. The Balaban J connectivity index is 2.03. The van der Waals surface area contributed by atoms with E-state index in [1.807, 2.05) is 4.68 Å². The lowest BCUT2D eigenvalue weighted by molar-refractivity contribution is 0.515. The molecule has 0 saturated heterocycles. The fourth-order valence-corrected chi connectivity index (χ4v) is 2.88. The van der Waals surface area contributed by atoms with Crippen molar-refractivity contribution < 1.29 is 0 Å². The summed E-state index contributed by atoms with van der Waals surface area (Å²) in [5.74, 6) is 0. The van der Waals surface area contributed by atoms with E-state index in [-0.39, 0.29) is 0 Å². The zero-order valence-electron chi connectivity index (χ0n) is 11.5. The Labute approximate surface area is 118 Å². The van der Waals surface area contributed by atoms with Crippen LogP contribution in [0, 0.1) is 0 Å². The Morgan fingerprint density at radius 2 is 2.21 bits per heavy atom. The molecule has 0 bridgehead atoms. The van der Waals surface area contributed by atoms with E-state index in [0.29, 0.717) is 6.54 Å². The smallest absolute Gasteiger partial charge is 0.0998 e. The van der Waals surface area contributed by atoms with Crippen LogP contribution < -0.4 is 5.73 Å². The molecular formula is C14H22N4S. The predicted octanol–water partition coefficient (Wildman–Crippen LogP) is 2.97. The van der Waals surface area contributed by atoms with Crippen LogP contribution in [0.4, 0.5) is 0 Å². The Kier molecular flexibility index (Phi) is 5.54. The predicted molar refractivity (Wildman–Crippen MR) is 79.2 cm³/mol. The van der Waals surface area contributed by atoms with E-state index in [1.54, 1.807) is 11.3 Å². The standard InChI is InChI=1S/C14H22N4S/c1-2-3-4-5-8-18-14(13(11-15)16-17-18)10-12-7-6-9-19-12/h6-7,9H,2-5,8,10-11,15H2,1H3. The summed E-state index contributed by atoms with van der Waals surface area (Å²) in [4.78, 5) is 1.34. The lowest BCUT2D eigenvalue weighted by Crippen LogP contribution is -2.08. The van der Waals surface area contributed by atoms with E-state index in [1.165, 1.54) is 36.3 Å². The van der Waals surface area contributed by atoms with Crippen molar-refractivity contribution in [3.8, 4) is 0 Å². The first-order chi connectivity index (χ1) is 9.35. The minimum atomic E-state index is 0.468. The highest BCUT2D eigenvalue weighted by molar-refractivity contribution is 7.09. The molecule has 0 aliphatic carbocycles. The van der Waals surface area contributed by atoms with Gasteiger partial charge < -0.3 is 5.73 Å². The number of nitrogens with zero attached hydrogens (tertiary/aromatic N) is 3. The second-order valence-electron chi connectivity index (χ2n) is 4.73. The zero-order chi connectivity index (χ0) is 13.5. The number of aromatic nitrogens is 3. The van der Waals surface area contributed by atoms with Crippen LogP contribution in [0.15, 0.2) is 17.5 Å². The summed E-state index contributed by atoms with van der Waals surface area (Å²) in [7, 11) is 0. The largest absolute Gasteiger partial charge is 0.325 e. The minimum absolute atomic E-state index is 0.468. The van der Waals surface area contributed by atoms with Crippen molar-refractivity contribution in [2.75, 3.05) is 0 Å². The molecule has 2 rings (SSSR count). The van der Waals surface area contributed by atoms with E-state index in [9.17, 15) is 0 Å². The van der Waals surface area contributed by atoms with Gasteiger partial charge in [-0.15, -0.1) is 16.4 Å². The molecule has 0 amide bonds. The van der Waals surface area contributed by atoms with Crippen LogP contribution >= 0.6 is 11.3 Å². The molecule has 4 nitrogen and oxygen atoms in total. The molecule has 2 N–H and O–H groups in total. The van der Waals surface area contributed by atoms with Crippen LogP contribution in [0.3, 0.4) is 0 Å². The van der Waals surface area contributed by atoms with Gasteiger partial charge in [-0.25, -0.2) is 4.68 Å². The normalized spacial score (nSPS) is 11.1. The number of thiophene rings is 1. The summed E-state index contributed by atoms with van der Waals surface area (Å²) in [5, 5.41) is 10.6. The highest BCUT2D eigenvalue weighted by Crippen LogP contribution is 2.17. The number of hydrogen-bond acceptors (Lipinski definition) is 4. The van der Waals surface area contributed by atoms with Crippen molar-refractivity contribution in [3.63, 3.8) is 0 Å². The van der Waals surface area contributed by atoms with Crippen LogP contribution in [0.1, 0.15) is 48.9 Å². The Morgan fingerprint density at radius 3 is 2.89 bits per heavy atom. The summed E-state index contributed by atoms with van der Waals surface area (Å²) >= 11 is 1.77. The van der Waals surface area contributed by atoms with E-state index in [4.69, 9.17) is 5.73 Å². The average molecular weight is 278 g/mol. The summed E-state index contributed by atoms with van der Waals surface area (Å²) in [5.41, 5.74) is 7.87. The molecule has 104 valence electrons. The van der Waals surface area contributed by atoms with Crippen LogP contribution in [-0.2, 0) is 19.5 Å². The Bertz CT molecular complexity index is 476. The van der Waals surface area contributed by atoms with Crippen molar-refractivity contribution in [1.29, 1.82) is 0 Å². The van der Waals surface area contributed by atoms with Crippen molar-refractivity contribution in [2.45, 2.75) is 52.1 Å². The molecule has 0 aliphatic rings. The molecule has 0 saturated carbocycles. The number of unbranched alkanes of at least 4 members (excludes halogenated alkanes) is 3. The molecule has 0 spiro atoms. The second-order valence-corrected chi connectivity index (χ2v) is 5.76. The molecule has 0 unspecified atom stereocenters. The van der Waals surface area contributed by atoms with Crippen LogP contribution in [0.2, 0.25) is 0 Å². The third-order valence-electron chi connectivity index (χ3n) is 3.26. The first-order valence-electron chi connectivity index (χ1n) is 6.98. The maximum Gasteiger partial charge on any atom is 0.0998 e. The summed E-state index contributed by atoms with van der Waals surface area (Å²) in [6.45, 7) is 3.65. The van der Waals surface area contributed by atoms with E-state index < -0.39 is 0 Å². The number of hydrogen-bond donors (Lipinski definition) is 1. The summed E-state index contributed by atoms with van der Waals surface area (Å²) in [6.07, 6.45) is 5.86. The number of aryl methyl sites for hydroxylation is 1. The maximum atomic E-state index is 5.76. The fourth-order valence-electron chi connectivity index (χ4n) is 2.17. The van der Waals surface area contributed by atoms with Gasteiger partial charge in [0, 0.05) is 24.4 Å². The lowest BCUT2D eigenvalue weighted by Gasteiger charge is -2.06. The van der Waals surface area contributed by atoms with Crippen LogP contribution in [0.25, 0.3) is 0 Å². The molecule has 19 heavy (non-hydrogen) atoms. The van der Waals surface area contributed by atoms with Gasteiger partial charge >= 0.3 is 0 Å². The second kappa shape index (κ2) is 7.40. The van der Waals surface area contributed by atoms with Crippen LogP contribution in [0.5, 0.6) is 0 Å². The highest BCUT2D eigenvalue weighted by atomic mass is 32.1. The van der Waals surface area contributed by atoms with Gasteiger partial charge in [-0.1, -0.05) is 37.5 Å². The molecule has 2 heterocycles. The lowest BCUT2D eigenvalue weighted by atomic mass is 10.2. The molecular weight excluding hydrogens is 256 g/mol. The Morgan fingerprint density at radius 1 is 1.32 bits per heavy atom. The van der Waals surface area contributed by atoms with Crippen molar-refractivity contribution in [2.24, 2.45) is 5.73 Å². The monoisotopic (exact) mass is 278 g/mol. The first kappa shape index (κ1) is 14.2. The molecule has 5 heteroatoms. The van der Waals surface area contributed by atoms with Gasteiger partial charge in [-0.05, 0) is 17.9 Å². The summed E-state index contributed by atoms with van der Waals surface area (Å²) in [6, 6.07) is 4.23. The van der Waals surface area contributed by atoms with Crippen LogP contribution in [-0.4, -0.2) is 15.0 Å². The molecule has 0 atom stereocenters. The molecule has 2 aromatic rings. The van der Waals surface area contributed by atoms with Gasteiger partial charge in [0.2, 0.25) is 0 Å². The first-order valence-corrected chi connectivity index (χ1v) is 7.86. The molecule has 0 aliphatic heterocycles. The summed E-state index contributed by atoms with van der Waals surface area (Å²) < 4.78 is 2.04. The van der Waals surface area contributed by atoms with Gasteiger partial charge in [0.25, 0.3) is 0 Å². The molecule has 2 aromatic heterocycles. The molecule has 0 radical (unpaired) electrons. The van der Waals surface area contributed by atoms with Gasteiger partial charge in [0.15, 0.2) is 0 Å². The topological polar surface area (TPSA) is 56.7 Å². The van der Waals surface area contributed by atoms with Crippen molar-refractivity contribution in [1.82, 2.24) is 15.0 Å². The molecule has 0 aromatic carbocycles. The molecule has 0 fully saturated rings.